The van der Waals surface area contributed by atoms with Gasteiger partial charge in [0.05, 0.1) is 16.6 Å². The smallest absolute Gasteiger partial charge is 0.308 e. The molecule has 4 aromatic rings. The number of rotatable bonds is 5. The molecule has 40 heavy (non-hydrogen) atoms. The Morgan fingerprint density at radius 1 is 1.00 bits per heavy atom. The van der Waals surface area contributed by atoms with E-state index in [1.807, 2.05) is 49.4 Å². The summed E-state index contributed by atoms with van der Waals surface area (Å²) in [5.74, 6) is -3.06. The van der Waals surface area contributed by atoms with Crippen LogP contribution in [0.3, 0.4) is 0 Å². The minimum Gasteiger partial charge on any atom is -0.324 e. The number of thioether (sulfide) groups is 1. The van der Waals surface area contributed by atoms with Crippen molar-refractivity contribution >= 4 is 68.1 Å². The van der Waals surface area contributed by atoms with Crippen LogP contribution in [0.2, 0.25) is 0 Å². The topological polar surface area (TPSA) is 88.5 Å². The summed E-state index contributed by atoms with van der Waals surface area (Å²) in [6.45, 7) is 1.64. The number of imide groups is 1. The van der Waals surface area contributed by atoms with Crippen molar-refractivity contribution in [2.45, 2.75) is 29.7 Å². The summed E-state index contributed by atoms with van der Waals surface area (Å²) < 4.78 is 15.8. The molecule has 0 aliphatic carbocycles. The second kappa shape index (κ2) is 10.5. The SMILES string of the molecule is Cc1ccccc1NC(=O)Cn1c2c(sc1=O)[C@@H](c1cccc(Br)c1)[C@@H]1C(=O)N(c3ccc(F)cc3)C(=O)[C@@H]1S2. The minimum atomic E-state index is -0.825. The molecule has 1 aromatic heterocycles. The van der Waals surface area contributed by atoms with E-state index in [-0.39, 0.29) is 23.0 Å². The van der Waals surface area contributed by atoms with Crippen molar-refractivity contribution in [3.8, 4) is 0 Å². The summed E-state index contributed by atoms with van der Waals surface area (Å²) in [6.07, 6.45) is 0. The Bertz CT molecular complexity index is 1740. The third-order valence-corrected chi connectivity index (χ3v) is 10.2. The molecule has 3 amide bonds. The van der Waals surface area contributed by atoms with Crippen LogP contribution >= 0.6 is 39.0 Å². The number of halogens is 2. The number of nitrogens with zero attached hydrogens (tertiary/aromatic N) is 2. The molecule has 1 fully saturated rings. The van der Waals surface area contributed by atoms with E-state index < -0.39 is 34.7 Å². The van der Waals surface area contributed by atoms with Crippen molar-refractivity contribution in [2.75, 3.05) is 10.2 Å². The second-order valence-corrected chi connectivity index (χ2v) is 12.6. The maximum Gasteiger partial charge on any atom is 0.308 e. The first-order valence-corrected chi connectivity index (χ1v) is 14.9. The van der Waals surface area contributed by atoms with Gasteiger partial charge in [-0.3, -0.25) is 23.7 Å². The van der Waals surface area contributed by atoms with Crippen molar-refractivity contribution in [1.29, 1.82) is 0 Å². The van der Waals surface area contributed by atoms with Gasteiger partial charge in [0.25, 0.3) is 0 Å². The molecule has 2 aliphatic heterocycles. The Labute approximate surface area is 245 Å². The lowest BCUT2D eigenvalue weighted by Gasteiger charge is -2.30. The molecular formula is C29H21BrFN3O4S2. The highest BCUT2D eigenvalue weighted by atomic mass is 79.9. The number of carbonyl (C=O) groups is 3. The third kappa shape index (κ3) is 4.61. The highest BCUT2D eigenvalue weighted by Gasteiger charge is 2.56. The van der Waals surface area contributed by atoms with Gasteiger partial charge in [-0.25, -0.2) is 9.29 Å². The molecule has 6 rings (SSSR count). The largest absolute Gasteiger partial charge is 0.324 e. The van der Waals surface area contributed by atoms with Crippen LogP contribution in [0.1, 0.15) is 21.9 Å². The van der Waals surface area contributed by atoms with Gasteiger partial charge in [0.2, 0.25) is 17.7 Å². The minimum absolute atomic E-state index is 0.238. The zero-order valence-electron chi connectivity index (χ0n) is 21.0. The number of amides is 3. The molecule has 3 aromatic carbocycles. The third-order valence-electron chi connectivity index (χ3n) is 7.06. The number of carbonyl (C=O) groups excluding carboxylic acids is 3. The van der Waals surface area contributed by atoms with E-state index in [1.165, 1.54) is 28.8 Å². The lowest BCUT2D eigenvalue weighted by Crippen LogP contribution is -2.33. The van der Waals surface area contributed by atoms with Gasteiger partial charge in [-0.2, -0.15) is 0 Å². The molecule has 11 heteroatoms. The Hall–Kier alpha value is -3.54. The molecule has 202 valence electrons. The van der Waals surface area contributed by atoms with E-state index >= 15 is 0 Å². The van der Waals surface area contributed by atoms with E-state index in [4.69, 9.17) is 0 Å². The molecule has 0 bridgehead atoms. The maximum absolute atomic E-state index is 13.9. The molecule has 2 aliphatic rings. The van der Waals surface area contributed by atoms with Crippen LogP contribution in [0.25, 0.3) is 0 Å². The zero-order valence-corrected chi connectivity index (χ0v) is 24.2. The number of thiazole rings is 1. The number of nitrogens with one attached hydrogen (secondary N) is 1. The highest BCUT2D eigenvalue weighted by Crippen LogP contribution is 2.54. The fourth-order valence-electron chi connectivity index (χ4n) is 5.21. The Morgan fingerprint density at radius 3 is 2.48 bits per heavy atom. The Kier molecular flexibility index (Phi) is 6.97. The van der Waals surface area contributed by atoms with E-state index in [1.54, 1.807) is 6.07 Å². The van der Waals surface area contributed by atoms with Crippen molar-refractivity contribution in [3.05, 3.63) is 109 Å². The summed E-state index contributed by atoms with van der Waals surface area (Å²) in [6, 6.07) is 20.0. The summed E-state index contributed by atoms with van der Waals surface area (Å²) >= 11 is 5.62. The fourth-order valence-corrected chi connectivity index (χ4v) is 8.40. The first-order valence-electron chi connectivity index (χ1n) is 12.4. The van der Waals surface area contributed by atoms with Crippen LogP contribution in [0.4, 0.5) is 15.8 Å². The van der Waals surface area contributed by atoms with Gasteiger partial charge in [-0.15, -0.1) is 0 Å². The molecule has 0 radical (unpaired) electrons. The summed E-state index contributed by atoms with van der Waals surface area (Å²) in [4.78, 5) is 55.3. The zero-order chi connectivity index (χ0) is 28.1. The molecule has 1 N–H and O–H groups in total. The first-order chi connectivity index (χ1) is 19.2. The fraction of sp³-hybridized carbons (Fsp3) is 0.172. The number of benzene rings is 3. The first kappa shape index (κ1) is 26.7. The Morgan fingerprint density at radius 2 is 1.75 bits per heavy atom. The van der Waals surface area contributed by atoms with Gasteiger partial charge in [-0.05, 0) is 60.5 Å². The number of hydrogen-bond acceptors (Lipinski definition) is 6. The molecular weight excluding hydrogens is 617 g/mol. The predicted molar refractivity (Wildman–Crippen MR) is 156 cm³/mol. The average molecular weight is 639 g/mol. The van der Waals surface area contributed by atoms with Gasteiger partial charge in [0.15, 0.2) is 0 Å². The van der Waals surface area contributed by atoms with E-state index in [0.717, 1.165) is 43.6 Å². The molecule has 7 nitrogen and oxygen atoms in total. The van der Waals surface area contributed by atoms with Gasteiger partial charge < -0.3 is 5.32 Å². The van der Waals surface area contributed by atoms with E-state index in [2.05, 4.69) is 21.2 Å². The van der Waals surface area contributed by atoms with Crippen molar-refractivity contribution in [2.24, 2.45) is 5.92 Å². The normalized spacial score (nSPS) is 19.9. The summed E-state index contributed by atoms with van der Waals surface area (Å²) in [5.41, 5.74) is 2.60. The summed E-state index contributed by atoms with van der Waals surface area (Å²) in [5, 5.41) is 2.54. The van der Waals surface area contributed by atoms with Gasteiger partial charge >= 0.3 is 4.87 Å². The molecule has 0 spiro atoms. The number of fused-ring (bicyclic) bond motifs is 2. The number of hydrogen-bond donors (Lipinski definition) is 1. The lowest BCUT2D eigenvalue weighted by molar-refractivity contribution is -0.122. The van der Waals surface area contributed by atoms with Crippen molar-refractivity contribution in [1.82, 2.24) is 4.57 Å². The predicted octanol–water partition coefficient (Wildman–Crippen LogP) is 5.55. The van der Waals surface area contributed by atoms with Gasteiger partial charge in [0.1, 0.15) is 17.6 Å². The van der Waals surface area contributed by atoms with Crippen LogP contribution in [0.15, 0.2) is 87.1 Å². The van der Waals surface area contributed by atoms with Crippen LogP contribution in [-0.4, -0.2) is 27.5 Å². The number of para-hydroxylation sites is 1. The number of aryl methyl sites for hydroxylation is 1. The molecule has 3 atom stereocenters. The number of anilines is 2. The monoisotopic (exact) mass is 637 g/mol. The van der Waals surface area contributed by atoms with Crippen LogP contribution in [0, 0.1) is 18.7 Å². The van der Waals surface area contributed by atoms with Gasteiger partial charge in [-0.1, -0.05) is 69.4 Å². The van der Waals surface area contributed by atoms with Crippen molar-refractivity contribution < 1.29 is 18.8 Å². The Balaban J connectivity index is 1.42. The van der Waals surface area contributed by atoms with Crippen LogP contribution in [0.5, 0.6) is 0 Å². The molecule has 0 saturated carbocycles. The highest BCUT2D eigenvalue weighted by molar-refractivity contribution is 9.10. The molecule has 1 saturated heterocycles. The number of aromatic nitrogens is 1. The molecule has 0 unspecified atom stereocenters. The van der Waals surface area contributed by atoms with E-state index in [0.29, 0.717) is 15.6 Å². The standard InChI is InChI=1S/C29H21BrFN3O4S2/c1-15-5-2-3-8-20(15)32-21(35)14-33-28-25(40-29(33)38)22(16-6-4-7-17(30)13-16)23-24(39-28)27(37)34(26(23)36)19-11-9-18(31)10-12-19/h2-13,22-24H,14H2,1H3,(H,32,35)/t22-,23-,24+/m0/s1. The quantitative estimate of drug-likeness (QED) is 0.290. The summed E-state index contributed by atoms with van der Waals surface area (Å²) in [7, 11) is 0. The second-order valence-electron chi connectivity index (χ2n) is 9.57. The lowest BCUT2D eigenvalue weighted by atomic mass is 9.83. The van der Waals surface area contributed by atoms with Gasteiger partial charge in [0, 0.05) is 21.0 Å². The van der Waals surface area contributed by atoms with Crippen LogP contribution in [-0.2, 0) is 20.9 Å². The van der Waals surface area contributed by atoms with E-state index in [9.17, 15) is 23.6 Å². The van der Waals surface area contributed by atoms with Crippen molar-refractivity contribution in [3.63, 3.8) is 0 Å². The van der Waals surface area contributed by atoms with Crippen LogP contribution < -0.4 is 15.1 Å². The molecule has 3 heterocycles. The maximum atomic E-state index is 13.9. The average Bonchev–Trinajstić information content (AvgIpc) is 3.36.